The number of carboxylic acids is 1. The molecule has 0 radical (unpaired) electrons. The fraction of sp³-hybridized carbons (Fsp3) is 0.304. The van der Waals surface area contributed by atoms with Crippen LogP contribution in [0.25, 0.3) is 10.9 Å². The van der Waals surface area contributed by atoms with Crippen LogP contribution < -0.4 is 14.8 Å². The van der Waals surface area contributed by atoms with E-state index in [2.05, 4.69) is 5.32 Å². The van der Waals surface area contributed by atoms with Crippen LogP contribution in [0.2, 0.25) is 5.02 Å². The number of aliphatic carboxylic acids is 1. The van der Waals surface area contributed by atoms with Crippen LogP contribution in [-0.2, 0) is 29.0 Å². The van der Waals surface area contributed by atoms with E-state index in [0.717, 1.165) is 11.3 Å². The van der Waals surface area contributed by atoms with Gasteiger partial charge in [-0.25, -0.2) is 4.39 Å². The number of nitrogens with one attached hydrogen (secondary N) is 1. The second-order valence-corrected chi connectivity index (χ2v) is 8.04. The maximum atomic E-state index is 14.1. The lowest BCUT2D eigenvalue weighted by molar-refractivity contribution is -0.137. The van der Waals surface area contributed by atoms with Crippen LogP contribution in [-0.4, -0.2) is 41.3 Å². The number of methoxy groups -OCH3 is 1. The second-order valence-electron chi connectivity index (χ2n) is 7.64. The Balaban J connectivity index is 1.52. The number of hydrogen-bond acceptors (Lipinski definition) is 4. The smallest absolute Gasteiger partial charge is 0.323 e. The van der Waals surface area contributed by atoms with Gasteiger partial charge in [-0.15, -0.1) is 0 Å². The largest absolute Gasteiger partial charge is 0.493 e. The van der Waals surface area contributed by atoms with Gasteiger partial charge in [-0.3, -0.25) is 9.59 Å². The van der Waals surface area contributed by atoms with E-state index in [-0.39, 0.29) is 30.1 Å². The van der Waals surface area contributed by atoms with E-state index in [0.29, 0.717) is 41.7 Å². The number of para-hydroxylation sites is 2. The average molecular weight is 461 g/mol. The SMILES string of the molecule is COc1ccccc1OCC(=O)N[C@H]1CCc2c(c3cc(F)cc(Cl)c3n2CC(=O)O)C1. The number of hydrogen-bond donors (Lipinski definition) is 2. The first-order valence-corrected chi connectivity index (χ1v) is 10.5. The third-order valence-electron chi connectivity index (χ3n) is 5.56. The number of halogens is 2. The quantitative estimate of drug-likeness (QED) is 0.562. The van der Waals surface area contributed by atoms with Crippen molar-refractivity contribution in [3.05, 3.63) is 58.5 Å². The molecular weight excluding hydrogens is 439 g/mol. The van der Waals surface area contributed by atoms with Gasteiger partial charge in [0.05, 0.1) is 17.6 Å². The van der Waals surface area contributed by atoms with Gasteiger partial charge in [-0.05, 0) is 49.1 Å². The van der Waals surface area contributed by atoms with E-state index in [1.54, 1.807) is 28.8 Å². The Kier molecular flexibility index (Phi) is 6.23. The van der Waals surface area contributed by atoms with Crippen LogP contribution in [0.3, 0.4) is 0 Å². The zero-order valence-electron chi connectivity index (χ0n) is 17.4. The van der Waals surface area contributed by atoms with Gasteiger partial charge >= 0.3 is 5.97 Å². The minimum absolute atomic E-state index is 0.168. The van der Waals surface area contributed by atoms with Gasteiger partial charge in [0.1, 0.15) is 12.4 Å². The van der Waals surface area contributed by atoms with Crippen molar-refractivity contribution in [2.24, 2.45) is 0 Å². The molecule has 1 atom stereocenters. The second kappa shape index (κ2) is 9.08. The molecule has 0 aliphatic heterocycles. The number of carbonyl (C=O) groups is 2. The molecule has 32 heavy (non-hydrogen) atoms. The van der Waals surface area contributed by atoms with Gasteiger partial charge in [-0.1, -0.05) is 23.7 Å². The van der Waals surface area contributed by atoms with E-state index in [9.17, 15) is 19.1 Å². The van der Waals surface area contributed by atoms with Gasteiger partial charge in [-0.2, -0.15) is 0 Å². The summed E-state index contributed by atoms with van der Waals surface area (Å²) in [6.07, 6.45) is 1.59. The third-order valence-corrected chi connectivity index (χ3v) is 5.85. The van der Waals surface area contributed by atoms with Crippen LogP contribution in [0, 0.1) is 5.82 Å². The van der Waals surface area contributed by atoms with Crippen molar-refractivity contribution >= 4 is 34.4 Å². The molecule has 0 saturated heterocycles. The van der Waals surface area contributed by atoms with Gasteiger partial charge in [0, 0.05) is 17.1 Å². The Bertz CT molecular complexity index is 1190. The Labute approximate surface area is 188 Å². The Hall–Kier alpha value is -3.26. The number of fused-ring (bicyclic) bond motifs is 3. The number of nitrogens with zero attached hydrogens (tertiary/aromatic N) is 1. The molecule has 0 spiro atoms. The van der Waals surface area contributed by atoms with E-state index in [1.165, 1.54) is 19.2 Å². The molecule has 9 heteroatoms. The van der Waals surface area contributed by atoms with E-state index >= 15 is 0 Å². The van der Waals surface area contributed by atoms with Crippen LogP contribution >= 0.6 is 11.6 Å². The highest BCUT2D eigenvalue weighted by Crippen LogP contribution is 2.36. The van der Waals surface area contributed by atoms with Crippen molar-refractivity contribution < 1.29 is 28.6 Å². The highest BCUT2D eigenvalue weighted by Gasteiger charge is 2.28. The van der Waals surface area contributed by atoms with Gasteiger partial charge in [0.2, 0.25) is 0 Å². The number of carboxylic acid groups (broad SMARTS) is 1. The number of rotatable bonds is 7. The van der Waals surface area contributed by atoms with Gasteiger partial charge < -0.3 is 24.5 Å². The topological polar surface area (TPSA) is 89.8 Å². The molecule has 4 rings (SSSR count). The monoisotopic (exact) mass is 460 g/mol. The molecule has 3 aromatic rings. The number of benzene rings is 2. The summed E-state index contributed by atoms with van der Waals surface area (Å²) in [5, 5.41) is 13.0. The van der Waals surface area contributed by atoms with Crippen molar-refractivity contribution in [3.8, 4) is 11.5 Å². The predicted molar refractivity (Wildman–Crippen MR) is 117 cm³/mol. The van der Waals surface area contributed by atoms with Crippen LogP contribution in [0.5, 0.6) is 11.5 Å². The van der Waals surface area contributed by atoms with E-state index < -0.39 is 11.8 Å². The molecule has 2 aromatic carbocycles. The average Bonchev–Trinajstić information content (AvgIpc) is 3.05. The normalized spacial score (nSPS) is 15.3. The summed E-state index contributed by atoms with van der Waals surface area (Å²) < 4.78 is 26.5. The standard InChI is InChI=1S/C23H22ClFN2O5/c1-31-19-4-2-3-5-20(19)32-12-21(28)26-14-6-7-18-15(10-14)16-8-13(25)9-17(24)23(16)27(18)11-22(29)30/h2-5,8-9,14H,6-7,10-12H2,1H3,(H,26,28)(H,29,30)/t14-/m0/s1. The lowest BCUT2D eigenvalue weighted by Gasteiger charge is -2.25. The molecule has 0 fully saturated rings. The molecule has 7 nitrogen and oxygen atoms in total. The predicted octanol–water partition coefficient (Wildman–Crippen LogP) is 3.58. The van der Waals surface area contributed by atoms with Crippen LogP contribution in [0.15, 0.2) is 36.4 Å². The molecule has 2 N–H and O–H groups in total. The van der Waals surface area contributed by atoms with E-state index in [4.69, 9.17) is 21.1 Å². The summed E-state index contributed by atoms with van der Waals surface area (Å²) in [6, 6.07) is 9.41. The minimum Gasteiger partial charge on any atom is -0.493 e. The van der Waals surface area contributed by atoms with Crippen LogP contribution in [0.1, 0.15) is 17.7 Å². The molecular formula is C23H22ClFN2O5. The summed E-state index contributed by atoms with van der Waals surface area (Å²) in [6.45, 7) is -0.439. The van der Waals surface area contributed by atoms with Crippen molar-refractivity contribution in [3.63, 3.8) is 0 Å². The molecule has 0 unspecified atom stereocenters. The maximum absolute atomic E-state index is 14.1. The molecule has 1 aliphatic rings. The van der Waals surface area contributed by atoms with E-state index in [1.807, 2.05) is 0 Å². The van der Waals surface area contributed by atoms with Crippen molar-refractivity contribution in [1.82, 2.24) is 9.88 Å². The van der Waals surface area contributed by atoms with Crippen LogP contribution in [0.4, 0.5) is 4.39 Å². The molecule has 168 valence electrons. The zero-order valence-corrected chi connectivity index (χ0v) is 18.1. The summed E-state index contributed by atoms with van der Waals surface area (Å²) in [5.74, 6) is -0.781. The first kappa shape index (κ1) is 22.0. The Morgan fingerprint density at radius 2 is 2.03 bits per heavy atom. The number of aromatic nitrogens is 1. The van der Waals surface area contributed by atoms with Crippen molar-refractivity contribution in [2.75, 3.05) is 13.7 Å². The van der Waals surface area contributed by atoms with Gasteiger partial charge in [0.25, 0.3) is 5.91 Å². The Morgan fingerprint density at radius 3 is 2.75 bits per heavy atom. The first-order valence-electron chi connectivity index (χ1n) is 10.1. The third kappa shape index (κ3) is 4.36. The molecule has 1 heterocycles. The number of amides is 1. The van der Waals surface area contributed by atoms with Crippen molar-refractivity contribution in [2.45, 2.75) is 31.8 Å². The highest BCUT2D eigenvalue weighted by atomic mass is 35.5. The van der Waals surface area contributed by atoms with Crippen molar-refractivity contribution in [1.29, 1.82) is 0 Å². The molecule has 0 saturated carbocycles. The number of ether oxygens (including phenoxy) is 2. The first-order chi connectivity index (χ1) is 15.4. The minimum atomic E-state index is -1.01. The lowest BCUT2D eigenvalue weighted by Crippen LogP contribution is -2.41. The zero-order chi connectivity index (χ0) is 22.8. The summed E-state index contributed by atoms with van der Waals surface area (Å²) in [5.41, 5.74) is 2.13. The molecule has 1 aliphatic carbocycles. The fourth-order valence-corrected chi connectivity index (χ4v) is 4.59. The summed E-state index contributed by atoms with van der Waals surface area (Å²) >= 11 is 6.27. The van der Waals surface area contributed by atoms with Gasteiger partial charge in [0.15, 0.2) is 18.1 Å². The molecule has 1 aromatic heterocycles. The number of carbonyl (C=O) groups excluding carboxylic acids is 1. The maximum Gasteiger partial charge on any atom is 0.323 e. The Morgan fingerprint density at radius 1 is 1.28 bits per heavy atom. The summed E-state index contributed by atoms with van der Waals surface area (Å²) in [7, 11) is 1.53. The highest BCUT2D eigenvalue weighted by molar-refractivity contribution is 6.35. The lowest BCUT2D eigenvalue weighted by atomic mass is 9.91. The molecule has 0 bridgehead atoms. The molecule has 1 amide bonds. The fourth-order valence-electron chi connectivity index (χ4n) is 4.28. The summed E-state index contributed by atoms with van der Waals surface area (Å²) in [4.78, 5) is 23.9.